The number of rotatable bonds is 7. The minimum Gasteiger partial charge on any atom is -0.369 e. The van der Waals surface area contributed by atoms with Gasteiger partial charge in [0.2, 0.25) is 18.5 Å². The fourth-order valence-electron chi connectivity index (χ4n) is 6.19. The molecule has 6 N–H and O–H groups in total. The molecule has 1 saturated carbocycles. The molecule has 1 aromatic rings. The number of quaternary nitrogens is 1. The molecule has 7 nitrogen and oxygen atoms in total. The number of likely N-dealkylation sites (N-methyl/N-ethyl adjacent to an activating group) is 1. The summed E-state index contributed by atoms with van der Waals surface area (Å²) < 4.78 is 15.2. The number of benzene rings is 1. The molecular formula is C24H41FN7S+. The minimum absolute atomic E-state index is 0.266. The van der Waals surface area contributed by atoms with Crippen LogP contribution in [-0.4, -0.2) is 66.4 Å². The van der Waals surface area contributed by atoms with Crippen molar-refractivity contribution in [2.45, 2.75) is 75.4 Å². The van der Waals surface area contributed by atoms with Gasteiger partial charge in [-0.2, -0.15) is 4.99 Å². The van der Waals surface area contributed by atoms with Crippen LogP contribution in [0.1, 0.15) is 51.9 Å². The maximum Gasteiger partial charge on any atom is 0.244 e. The van der Waals surface area contributed by atoms with Crippen LogP contribution in [0.3, 0.4) is 0 Å². The summed E-state index contributed by atoms with van der Waals surface area (Å²) in [5, 5.41) is 0. The number of aliphatic imine (C=N–C) groups is 1. The summed E-state index contributed by atoms with van der Waals surface area (Å²) >= 11 is 1.38. The van der Waals surface area contributed by atoms with Crippen molar-refractivity contribution in [3.05, 3.63) is 24.0 Å². The van der Waals surface area contributed by atoms with E-state index in [1.165, 1.54) is 56.4 Å². The van der Waals surface area contributed by atoms with Gasteiger partial charge >= 0.3 is 0 Å². The molecule has 4 atom stereocenters. The predicted molar refractivity (Wildman–Crippen MR) is 135 cm³/mol. The first-order valence-corrected chi connectivity index (χ1v) is 13.7. The Hall–Kier alpha value is -1.39. The Morgan fingerprint density at radius 3 is 2.55 bits per heavy atom. The highest BCUT2D eigenvalue weighted by Crippen LogP contribution is 2.36. The fourth-order valence-corrected chi connectivity index (χ4v) is 6.65. The molecule has 184 valence electrons. The summed E-state index contributed by atoms with van der Waals surface area (Å²) in [5.74, 6) is 0.565. The molecule has 33 heavy (non-hydrogen) atoms. The van der Waals surface area contributed by atoms with Gasteiger partial charge in [0.1, 0.15) is 5.82 Å². The zero-order valence-electron chi connectivity index (χ0n) is 20.1. The number of nitrogens with zero attached hydrogens (tertiary/aromatic N) is 4. The molecule has 0 radical (unpaired) electrons. The van der Waals surface area contributed by atoms with Crippen LogP contribution in [0.4, 0.5) is 10.1 Å². The third-order valence-electron chi connectivity index (χ3n) is 8.02. The Morgan fingerprint density at radius 2 is 1.88 bits per heavy atom. The van der Waals surface area contributed by atoms with Crippen LogP contribution < -0.4 is 22.1 Å². The lowest BCUT2D eigenvalue weighted by molar-refractivity contribution is -0.977. The monoisotopic (exact) mass is 478 g/mol. The highest BCUT2D eigenvalue weighted by molar-refractivity contribution is 7.98. The lowest BCUT2D eigenvalue weighted by Gasteiger charge is -2.54. The number of guanidine groups is 1. The molecule has 0 bridgehead atoms. The van der Waals surface area contributed by atoms with Crippen molar-refractivity contribution in [3.8, 4) is 0 Å². The Balaban J connectivity index is 1.72. The number of hydrogen-bond acceptors (Lipinski definition) is 7. The van der Waals surface area contributed by atoms with Gasteiger partial charge in [0, 0.05) is 10.8 Å². The molecule has 4 rings (SSSR count). The Morgan fingerprint density at radius 1 is 1.12 bits per heavy atom. The summed E-state index contributed by atoms with van der Waals surface area (Å²) in [5.41, 5.74) is 20.9. The standard InChI is InChI=1S/C24H41FN7S/c1-3-30-13-7-10-19(30)16-32(15-17-8-5-4-6-9-17)23(27)29-22(26)31(24(32)28)18-11-12-21(33-2)20(25)14-18/h11-12,14,17,19,23-24H,3-10,13,15-16,27-28H2,1-2H3,(H2,26,29)/q+1. The van der Waals surface area contributed by atoms with Crippen LogP contribution in [0.15, 0.2) is 28.1 Å². The van der Waals surface area contributed by atoms with Gasteiger partial charge in [-0.25, -0.2) is 9.29 Å². The highest BCUT2D eigenvalue weighted by Gasteiger charge is 2.51. The summed E-state index contributed by atoms with van der Waals surface area (Å²) in [7, 11) is 0. The van der Waals surface area contributed by atoms with Crippen molar-refractivity contribution >= 4 is 23.4 Å². The van der Waals surface area contributed by atoms with Gasteiger partial charge in [-0.05, 0) is 63.2 Å². The molecular weight excluding hydrogens is 437 g/mol. The molecule has 0 aromatic heterocycles. The summed E-state index contributed by atoms with van der Waals surface area (Å²) in [6.45, 7) is 6.08. The molecule has 1 saturated heterocycles. The largest absolute Gasteiger partial charge is 0.369 e. The van der Waals surface area contributed by atoms with Crippen LogP contribution >= 0.6 is 11.8 Å². The minimum atomic E-state index is -0.521. The second-order valence-corrected chi connectivity index (χ2v) is 10.7. The third-order valence-corrected chi connectivity index (χ3v) is 8.79. The predicted octanol–water partition coefficient (Wildman–Crippen LogP) is 3.05. The average molecular weight is 479 g/mol. The number of thioether (sulfide) groups is 1. The van der Waals surface area contributed by atoms with Crippen molar-refractivity contribution in [2.75, 3.05) is 37.3 Å². The van der Waals surface area contributed by atoms with E-state index >= 15 is 0 Å². The fraction of sp³-hybridized carbons (Fsp3) is 0.708. The van der Waals surface area contributed by atoms with E-state index in [0.29, 0.717) is 27.0 Å². The van der Waals surface area contributed by atoms with Gasteiger partial charge in [0.05, 0.1) is 24.8 Å². The Kier molecular flexibility index (Phi) is 7.85. The molecule has 1 aromatic carbocycles. The van der Waals surface area contributed by atoms with E-state index in [4.69, 9.17) is 22.2 Å². The van der Waals surface area contributed by atoms with Gasteiger partial charge in [-0.3, -0.25) is 20.9 Å². The smallest absolute Gasteiger partial charge is 0.244 e. The van der Waals surface area contributed by atoms with Gasteiger partial charge < -0.3 is 5.73 Å². The van der Waals surface area contributed by atoms with Crippen molar-refractivity contribution in [2.24, 2.45) is 28.1 Å². The first-order valence-electron chi connectivity index (χ1n) is 12.5. The van der Waals surface area contributed by atoms with Gasteiger partial charge in [-0.1, -0.05) is 26.2 Å². The molecule has 3 aliphatic rings. The van der Waals surface area contributed by atoms with E-state index in [1.807, 2.05) is 17.2 Å². The van der Waals surface area contributed by atoms with E-state index in [0.717, 1.165) is 32.6 Å². The molecule has 0 amide bonds. The normalized spacial score (nSPS) is 31.7. The van der Waals surface area contributed by atoms with E-state index in [1.54, 1.807) is 6.07 Å². The van der Waals surface area contributed by atoms with Crippen LogP contribution in [0.5, 0.6) is 0 Å². The number of nitrogens with two attached hydrogens (primary N) is 3. The average Bonchev–Trinajstić information content (AvgIpc) is 3.25. The molecule has 2 aliphatic heterocycles. The molecule has 4 unspecified atom stereocenters. The van der Waals surface area contributed by atoms with Gasteiger partial charge in [0.15, 0.2) is 0 Å². The molecule has 9 heteroatoms. The summed E-state index contributed by atoms with van der Waals surface area (Å²) in [6, 6.07) is 5.61. The zero-order valence-corrected chi connectivity index (χ0v) is 20.9. The Labute approximate surface area is 202 Å². The van der Waals surface area contributed by atoms with Crippen LogP contribution in [0.2, 0.25) is 0 Å². The summed E-state index contributed by atoms with van der Waals surface area (Å²) in [6.07, 6.45) is 9.41. The zero-order chi connectivity index (χ0) is 23.6. The van der Waals surface area contributed by atoms with Crippen molar-refractivity contribution in [1.29, 1.82) is 0 Å². The second-order valence-electron chi connectivity index (χ2n) is 9.90. The first kappa shape index (κ1) is 24.7. The van der Waals surface area contributed by atoms with Crippen LogP contribution in [-0.2, 0) is 0 Å². The Bertz CT molecular complexity index is 846. The van der Waals surface area contributed by atoms with E-state index < -0.39 is 12.6 Å². The van der Waals surface area contributed by atoms with Crippen molar-refractivity contribution in [3.63, 3.8) is 0 Å². The number of halogens is 1. The van der Waals surface area contributed by atoms with Crippen LogP contribution in [0.25, 0.3) is 0 Å². The number of likely N-dealkylation sites (tertiary alicyclic amines) is 1. The SMILES string of the molecule is CCN1CCCC1C[N+]1(CC2CCCCC2)C(N)N=C(N)N(c2ccc(SC)c(F)c2)C1N. The highest BCUT2D eigenvalue weighted by atomic mass is 32.2. The molecule has 1 aliphatic carbocycles. The van der Waals surface area contributed by atoms with E-state index in [9.17, 15) is 4.39 Å². The van der Waals surface area contributed by atoms with Gasteiger partial charge in [0.25, 0.3) is 0 Å². The van der Waals surface area contributed by atoms with Gasteiger partial charge in [-0.15, -0.1) is 11.8 Å². The molecule has 2 fully saturated rings. The molecule has 0 spiro atoms. The topological polar surface area (TPSA) is 96.9 Å². The number of anilines is 1. The maximum absolute atomic E-state index is 14.7. The maximum atomic E-state index is 14.7. The van der Waals surface area contributed by atoms with E-state index in [2.05, 4.69) is 11.8 Å². The molecule has 2 heterocycles. The lowest BCUT2D eigenvalue weighted by atomic mass is 9.88. The van der Waals surface area contributed by atoms with E-state index in [-0.39, 0.29) is 11.8 Å². The van der Waals surface area contributed by atoms with Crippen molar-refractivity contribution < 1.29 is 8.87 Å². The lowest BCUT2D eigenvalue weighted by Crippen LogP contribution is -2.79. The third kappa shape index (κ3) is 4.89. The second kappa shape index (κ2) is 10.5. The summed E-state index contributed by atoms with van der Waals surface area (Å²) in [4.78, 5) is 9.67. The number of hydrogen-bond donors (Lipinski definition) is 3. The quantitative estimate of drug-likeness (QED) is 0.412. The first-order chi connectivity index (χ1) is 15.9. The van der Waals surface area contributed by atoms with Crippen LogP contribution in [0, 0.1) is 11.7 Å². The van der Waals surface area contributed by atoms with Crippen molar-refractivity contribution in [1.82, 2.24) is 4.90 Å².